The third-order valence-electron chi connectivity index (χ3n) is 18.8. The number of amides is 20. The number of carboxylic acid groups (broad SMARTS) is 2. The number of carbonyl (C=O) groups is 22. The van der Waals surface area contributed by atoms with Gasteiger partial charge >= 0.3 is 11.9 Å². The molecule has 1 aromatic rings. The van der Waals surface area contributed by atoms with E-state index in [0.717, 1.165) is 38.5 Å². The third kappa shape index (κ3) is 49.0. The van der Waals surface area contributed by atoms with Crippen LogP contribution in [0.1, 0.15) is 100 Å². The van der Waals surface area contributed by atoms with Crippen LogP contribution in [0.5, 0.6) is 5.75 Å². The predicted octanol–water partition coefficient (Wildman–Crippen LogP) is -20.2. The molecule has 36 N–H and O–H groups in total. The average Bonchev–Trinajstić information content (AvgIpc) is 0.873. The average molecular weight is 1950 g/mol. The molecule has 1 aromatic carbocycles. The highest BCUT2D eigenvalue weighted by atomic mass is 16.5. The number of unbranched alkanes of at least 4 members (excludes halogenated alkanes) is 8. The zero-order valence-electron chi connectivity index (χ0n) is 73.6. The van der Waals surface area contributed by atoms with Crippen LogP contribution in [0.2, 0.25) is 0 Å². The molecule has 0 heterocycles. The third-order valence-corrected chi connectivity index (χ3v) is 18.8. The predicted molar refractivity (Wildman–Crippen MR) is 456 cm³/mol. The number of aliphatic carboxylic acids is 1. The summed E-state index contributed by atoms with van der Waals surface area (Å²) in [6, 6.07) is -19.0. The topological polar surface area (TPSA) is 952 Å². The van der Waals surface area contributed by atoms with Crippen LogP contribution in [0.25, 0.3) is 0 Å². The first-order valence-corrected chi connectivity index (χ1v) is 42.1. The van der Waals surface area contributed by atoms with E-state index in [1.807, 2.05) is 85.1 Å². The minimum Gasteiger partial charge on any atom is -0.494 e. The van der Waals surface area contributed by atoms with E-state index in [4.69, 9.17) is 15.6 Å². The Kier molecular flexibility index (Phi) is 60.7. The van der Waals surface area contributed by atoms with Crippen LogP contribution in [0.15, 0.2) is 24.3 Å². The molecule has 0 aliphatic rings. The molecule has 763 valence electrons. The molecule has 0 aliphatic heterocycles. The number of benzene rings is 1. The lowest BCUT2D eigenvalue weighted by Gasteiger charge is -2.23. The number of ether oxygens (including phenoxy) is 1. The monoisotopic (exact) mass is 1950 g/mol. The normalized spacial score (nSPS) is 13.9. The quantitative estimate of drug-likeness (QED) is 0.0269. The van der Waals surface area contributed by atoms with Crippen molar-refractivity contribution in [1.82, 2.24) is 106 Å². The number of hydrogen-bond donors (Lipinski definition) is 35. The van der Waals surface area contributed by atoms with Gasteiger partial charge in [-0.25, -0.2) is 9.59 Å². The molecule has 59 heteroatoms. The van der Waals surface area contributed by atoms with Crippen molar-refractivity contribution in [1.29, 1.82) is 0 Å². The van der Waals surface area contributed by atoms with E-state index in [2.05, 4.69) is 21.3 Å². The van der Waals surface area contributed by atoms with Gasteiger partial charge in [0.25, 0.3) is 0 Å². The highest BCUT2D eigenvalue weighted by Crippen LogP contribution is 2.15. The van der Waals surface area contributed by atoms with E-state index in [0.29, 0.717) is 44.5 Å². The van der Waals surface area contributed by atoms with Gasteiger partial charge < -0.3 is 188 Å². The summed E-state index contributed by atoms with van der Waals surface area (Å²) in [6.07, 6.45) is 8.23. The molecule has 1 radical (unpaired) electrons. The van der Waals surface area contributed by atoms with Crippen molar-refractivity contribution in [3.05, 3.63) is 29.8 Å². The van der Waals surface area contributed by atoms with Crippen molar-refractivity contribution >= 4 is 136 Å². The number of rotatable bonds is 72. The number of carbonyl (C=O) groups excluding carboxylic acids is 21. The first-order chi connectivity index (χ1) is 64.7. The second-order valence-corrected chi connectivity index (χ2v) is 29.4. The maximum atomic E-state index is 13.1. The van der Waals surface area contributed by atoms with Gasteiger partial charge in [0.1, 0.15) is 84.3 Å². The molecule has 0 fully saturated rings. The molecule has 59 nitrogen and oxygen atoms in total. The molecule has 14 atom stereocenters. The van der Waals surface area contributed by atoms with Gasteiger partial charge in [0, 0.05) is 19.4 Å². The van der Waals surface area contributed by atoms with Crippen LogP contribution in [0, 0.1) is 0 Å². The molecule has 0 aliphatic carbocycles. The molecule has 0 saturated carbocycles. The molecular weight excluding hydrogens is 1830 g/mol. The minimum atomic E-state index is -1.97. The Morgan fingerprint density at radius 1 is 0.265 bits per heavy atom. The largest absolute Gasteiger partial charge is 0.494 e. The molecule has 0 unspecified atom stereocenters. The van der Waals surface area contributed by atoms with Gasteiger partial charge in [0.2, 0.25) is 124 Å². The number of aromatic carboxylic acids is 1. The molecular formula is C77H122N21O38. The summed E-state index contributed by atoms with van der Waals surface area (Å²) in [5.74, 6) is -25.9. The number of nitrogens with one attached hydrogen (secondary N) is 20. The summed E-state index contributed by atoms with van der Waals surface area (Å²) >= 11 is 0. The van der Waals surface area contributed by atoms with Gasteiger partial charge in [-0.05, 0) is 62.8 Å². The smallest absolute Gasteiger partial charge is 0.335 e. The van der Waals surface area contributed by atoms with Crippen LogP contribution >= 0.6 is 0 Å². The Bertz CT molecular complexity index is 4120. The number of aliphatic hydroxyl groups is 12. The van der Waals surface area contributed by atoms with Gasteiger partial charge in [0.15, 0.2) is 0 Å². The fraction of sp³-hybridized carbons (Fsp3) is 0.623. The fourth-order valence-electron chi connectivity index (χ4n) is 11.2. The van der Waals surface area contributed by atoms with Crippen molar-refractivity contribution in [2.45, 2.75) is 174 Å². The van der Waals surface area contributed by atoms with Gasteiger partial charge in [0.05, 0.1) is 137 Å². The van der Waals surface area contributed by atoms with Gasteiger partial charge in [-0.3, -0.25) is 101 Å². The van der Waals surface area contributed by atoms with Crippen molar-refractivity contribution in [3.8, 4) is 5.75 Å². The van der Waals surface area contributed by atoms with E-state index in [9.17, 15) is 177 Å². The summed E-state index contributed by atoms with van der Waals surface area (Å²) in [5.41, 5.74) is 5.59. The van der Waals surface area contributed by atoms with E-state index < -0.39 is 346 Å². The van der Waals surface area contributed by atoms with Crippen LogP contribution in [0.4, 0.5) is 0 Å². The first kappa shape index (κ1) is 121. The van der Waals surface area contributed by atoms with Gasteiger partial charge in [-0.1, -0.05) is 38.5 Å². The Hall–Kier alpha value is -13.5. The van der Waals surface area contributed by atoms with Gasteiger partial charge in [-0.2, -0.15) is 0 Å². The molecule has 0 aromatic heterocycles. The SMILES string of the molecule is N[C@H]([C]=O)CCCCNC(=O)CNC(=O)[C@H](CO)NC(=O)[C@H](CO)NC(=O)CNC(=O)[C@H](CO)NC(=O)[C@H](CO)NC(=O)CNC(=O)[C@H](CO)NC(=O)[C@H](CO)NC(=O)CNC(=O)[C@H](CO)NC(=O)[C@H](CO)NC(=O)CNC(=O)[C@H](CO)NC(=O)[C@H](CO)NC(=O)CNC(=O)[C@H](CO)NC(=O)[C@H](CO)NC(=O)CC[C@H](NC(=O)CCCCCCCCCCOc1ccc(C(=O)O)cc1)C(=O)O. The van der Waals surface area contributed by atoms with Crippen molar-refractivity contribution in [3.63, 3.8) is 0 Å². The molecule has 0 spiro atoms. The molecule has 20 amide bonds. The lowest BCUT2D eigenvalue weighted by molar-refractivity contribution is -0.142. The van der Waals surface area contributed by atoms with E-state index in [1.165, 1.54) is 12.1 Å². The maximum absolute atomic E-state index is 13.1. The van der Waals surface area contributed by atoms with E-state index in [-0.39, 0.29) is 18.5 Å². The molecule has 1 rings (SSSR count). The highest BCUT2D eigenvalue weighted by Gasteiger charge is 2.35. The summed E-state index contributed by atoms with van der Waals surface area (Å²) in [7, 11) is 0. The lowest BCUT2D eigenvalue weighted by Crippen LogP contribution is -2.59. The summed E-state index contributed by atoms with van der Waals surface area (Å²) in [6.45, 7) is -19.3. The molecule has 0 saturated heterocycles. The van der Waals surface area contributed by atoms with Gasteiger partial charge in [-0.15, -0.1) is 0 Å². The van der Waals surface area contributed by atoms with Crippen molar-refractivity contribution in [2.24, 2.45) is 5.73 Å². The van der Waals surface area contributed by atoms with E-state index in [1.54, 1.807) is 18.4 Å². The number of aliphatic hydroxyl groups excluding tert-OH is 12. The Morgan fingerprint density at radius 2 is 0.507 bits per heavy atom. The zero-order valence-corrected chi connectivity index (χ0v) is 73.6. The van der Waals surface area contributed by atoms with Crippen LogP contribution in [-0.2, 0) is 105 Å². The molecule has 0 bridgehead atoms. The van der Waals surface area contributed by atoms with E-state index >= 15 is 0 Å². The summed E-state index contributed by atoms with van der Waals surface area (Å²) < 4.78 is 5.63. The number of carboxylic acids is 2. The van der Waals surface area contributed by atoms with Crippen molar-refractivity contribution < 1.29 is 187 Å². The fourth-order valence-corrected chi connectivity index (χ4v) is 11.2. The van der Waals surface area contributed by atoms with Crippen molar-refractivity contribution in [2.75, 3.05) is 132 Å². The molecule has 136 heavy (non-hydrogen) atoms. The summed E-state index contributed by atoms with van der Waals surface area (Å²) in [4.78, 5) is 290. The Labute approximate surface area is 774 Å². The number of nitrogens with two attached hydrogens (primary N) is 1. The highest BCUT2D eigenvalue weighted by molar-refractivity contribution is 6.01. The standard InChI is InChI=1S/C77H122N21O38/c78-41(27-99)11-8-9-19-79-58(114)21-80-64(120)44(28-100)94-71(127)51(35-107)88-60(116)23-82-66(122)46(30-102)96-73(129)53(37-109)90-62(118)25-84-68(124)48(32-104)98-75(131)55(39-111)92-63(119)26-85-69(125)49(33-105)97-74(130)54(38-110)91-61(117)24-83-67(123)47(31-103)95-72(128)52(36-108)89-59(115)22-81-65(121)45(29-101)93-70(126)50(34-106)87-57(113)18-17-43(77(134)135)86-56(112)12-7-5-3-1-2-4-6-10-20-136-42-15-13-40(14-16-42)76(132)133/h13-16,41,43-55,100-111H,1-12,17-26,28-39,78H2,(H,79,114)(H,80,120)(H,81,121)(H,82,122)(H,83,123)(H,84,124)(H,85,125)(H,86,112)(H,87,113)(H,88,116)(H,89,115)(H,90,118)(H,91,117)(H,92,119)(H,93,126)(H,94,127)(H,95,128)(H,96,129)(H,97,130)(H,98,131)(H,132,133)(H,134,135)/t41-,43-,44-,45-,46-,47-,48-,49-,50-,51-,52-,53-,54-,55-/m0/s1. The Morgan fingerprint density at radius 3 is 0.772 bits per heavy atom. The second-order valence-electron chi connectivity index (χ2n) is 29.4. The Balaban J connectivity index is 2.64. The first-order valence-electron chi connectivity index (χ1n) is 42.1. The van der Waals surface area contributed by atoms with Crippen LogP contribution < -0.4 is 117 Å². The zero-order chi connectivity index (χ0) is 102. The second kappa shape index (κ2) is 68.5. The lowest BCUT2D eigenvalue weighted by atomic mass is 10.1. The minimum absolute atomic E-state index is 0.00415. The van der Waals surface area contributed by atoms with Crippen LogP contribution in [0.3, 0.4) is 0 Å². The number of hydrogen-bond acceptors (Lipinski definition) is 37. The summed E-state index contributed by atoms with van der Waals surface area (Å²) in [5, 5.41) is 178. The maximum Gasteiger partial charge on any atom is 0.335 e. The van der Waals surface area contributed by atoms with Crippen LogP contribution in [-0.4, -0.2) is 424 Å².